The molecule has 0 bridgehead atoms. The number of aromatic amines is 1. The quantitative estimate of drug-likeness (QED) is 0.597. The molecule has 1 aliphatic rings. The second kappa shape index (κ2) is 8.00. The molecular formula is C21H25N5O3. The number of benzene rings is 1. The molecule has 3 N–H and O–H groups in total. The molecule has 1 fully saturated rings. The van der Waals surface area contributed by atoms with Gasteiger partial charge in [-0.1, -0.05) is 6.07 Å². The number of pyridine rings is 1. The number of likely N-dealkylation sites (tertiary alicyclic amines) is 1. The Bertz CT molecular complexity index is 1000. The van der Waals surface area contributed by atoms with E-state index in [4.69, 9.17) is 9.47 Å². The van der Waals surface area contributed by atoms with Crippen LogP contribution in [0.2, 0.25) is 0 Å². The van der Waals surface area contributed by atoms with Gasteiger partial charge < -0.3 is 24.7 Å². The number of fused-ring (bicyclic) bond motifs is 1. The SMILES string of the molecule is COc1cccc(OC)c1-c1c[nH]c2nc(NC(=O)NCC3CN(C)C3)ccc12. The number of H-pyrrole nitrogens is 1. The van der Waals surface area contributed by atoms with Crippen LogP contribution in [0.5, 0.6) is 11.5 Å². The standard InChI is InChI=1S/C21H25N5O3/c1-26-11-13(12-26)9-23-21(27)25-18-8-7-14-15(10-22-20(14)24-18)19-16(28-2)5-4-6-17(19)29-3/h4-8,10,13H,9,11-12H2,1-3H3,(H3,22,23,24,25,27). The van der Waals surface area contributed by atoms with Crippen LogP contribution in [-0.4, -0.2) is 61.8 Å². The molecule has 8 nitrogen and oxygen atoms in total. The first-order valence-corrected chi connectivity index (χ1v) is 9.52. The summed E-state index contributed by atoms with van der Waals surface area (Å²) in [6.45, 7) is 2.70. The van der Waals surface area contributed by atoms with Crippen molar-refractivity contribution in [1.29, 1.82) is 0 Å². The molecular weight excluding hydrogens is 370 g/mol. The van der Waals surface area contributed by atoms with Gasteiger partial charge in [0, 0.05) is 42.7 Å². The number of amides is 2. The molecule has 8 heteroatoms. The van der Waals surface area contributed by atoms with Gasteiger partial charge in [-0.15, -0.1) is 0 Å². The zero-order chi connectivity index (χ0) is 20.4. The van der Waals surface area contributed by atoms with Crippen molar-refractivity contribution < 1.29 is 14.3 Å². The second-order valence-electron chi connectivity index (χ2n) is 7.25. The molecule has 0 radical (unpaired) electrons. The molecule has 0 aliphatic carbocycles. The van der Waals surface area contributed by atoms with Crippen LogP contribution in [0.4, 0.5) is 10.6 Å². The first-order chi connectivity index (χ1) is 14.1. The van der Waals surface area contributed by atoms with Crippen LogP contribution in [0.25, 0.3) is 22.2 Å². The smallest absolute Gasteiger partial charge is 0.320 e. The van der Waals surface area contributed by atoms with Crippen molar-refractivity contribution in [3.05, 3.63) is 36.5 Å². The first kappa shape index (κ1) is 19.1. The van der Waals surface area contributed by atoms with E-state index in [-0.39, 0.29) is 6.03 Å². The highest BCUT2D eigenvalue weighted by molar-refractivity contribution is 5.98. The molecule has 2 amide bonds. The molecule has 1 aromatic carbocycles. The minimum absolute atomic E-state index is 0.246. The topological polar surface area (TPSA) is 91.5 Å². The van der Waals surface area contributed by atoms with Crippen molar-refractivity contribution in [1.82, 2.24) is 20.2 Å². The van der Waals surface area contributed by atoms with Crippen LogP contribution in [0.15, 0.2) is 36.5 Å². The maximum absolute atomic E-state index is 12.1. The highest BCUT2D eigenvalue weighted by atomic mass is 16.5. The van der Waals surface area contributed by atoms with E-state index in [9.17, 15) is 4.79 Å². The number of carbonyl (C=O) groups excluding carboxylic acids is 1. The van der Waals surface area contributed by atoms with Gasteiger partial charge in [-0.2, -0.15) is 0 Å². The Labute approximate surface area is 169 Å². The van der Waals surface area contributed by atoms with Gasteiger partial charge in [0.2, 0.25) is 0 Å². The predicted molar refractivity (Wildman–Crippen MR) is 113 cm³/mol. The number of anilines is 1. The minimum atomic E-state index is -0.246. The molecule has 29 heavy (non-hydrogen) atoms. The van der Waals surface area contributed by atoms with Gasteiger partial charge in [0.1, 0.15) is 23.0 Å². The van der Waals surface area contributed by atoms with Crippen LogP contribution in [-0.2, 0) is 0 Å². The first-order valence-electron chi connectivity index (χ1n) is 9.52. The fraction of sp³-hybridized carbons (Fsp3) is 0.333. The minimum Gasteiger partial charge on any atom is -0.496 e. The van der Waals surface area contributed by atoms with Gasteiger partial charge >= 0.3 is 6.03 Å². The maximum Gasteiger partial charge on any atom is 0.320 e. The molecule has 4 rings (SSSR count). The van der Waals surface area contributed by atoms with Crippen LogP contribution >= 0.6 is 0 Å². The fourth-order valence-corrected chi connectivity index (χ4v) is 3.75. The van der Waals surface area contributed by atoms with Crippen LogP contribution in [0.1, 0.15) is 0 Å². The van der Waals surface area contributed by atoms with E-state index in [1.54, 1.807) is 20.3 Å². The Hall–Kier alpha value is -3.26. The summed E-state index contributed by atoms with van der Waals surface area (Å²) in [5.74, 6) is 2.44. The highest BCUT2D eigenvalue weighted by Crippen LogP contribution is 2.41. The summed E-state index contributed by atoms with van der Waals surface area (Å²) in [6, 6.07) is 9.14. The summed E-state index contributed by atoms with van der Waals surface area (Å²) in [5.41, 5.74) is 2.45. The van der Waals surface area contributed by atoms with Crippen molar-refractivity contribution in [2.24, 2.45) is 5.92 Å². The van der Waals surface area contributed by atoms with Crippen molar-refractivity contribution in [2.75, 3.05) is 46.2 Å². The number of aromatic nitrogens is 2. The molecule has 2 aromatic heterocycles. The number of urea groups is 1. The Morgan fingerprint density at radius 2 is 1.93 bits per heavy atom. The second-order valence-corrected chi connectivity index (χ2v) is 7.25. The maximum atomic E-state index is 12.1. The summed E-state index contributed by atoms with van der Waals surface area (Å²) in [4.78, 5) is 22.1. The summed E-state index contributed by atoms with van der Waals surface area (Å²) in [7, 11) is 5.34. The van der Waals surface area contributed by atoms with E-state index in [0.717, 1.165) is 29.6 Å². The highest BCUT2D eigenvalue weighted by Gasteiger charge is 2.23. The molecule has 152 valence electrons. The summed E-state index contributed by atoms with van der Waals surface area (Å²) in [5, 5.41) is 6.61. The van der Waals surface area contributed by atoms with E-state index < -0.39 is 0 Å². The Morgan fingerprint density at radius 1 is 1.21 bits per heavy atom. The van der Waals surface area contributed by atoms with Crippen molar-refractivity contribution >= 4 is 22.9 Å². The molecule has 0 saturated carbocycles. The normalized spacial score (nSPS) is 14.4. The summed E-state index contributed by atoms with van der Waals surface area (Å²) in [6.07, 6.45) is 1.87. The number of carbonyl (C=O) groups is 1. The van der Waals surface area contributed by atoms with Gasteiger partial charge in [-0.3, -0.25) is 5.32 Å². The van der Waals surface area contributed by atoms with E-state index >= 15 is 0 Å². The van der Waals surface area contributed by atoms with Crippen LogP contribution < -0.4 is 20.1 Å². The third-order valence-electron chi connectivity index (χ3n) is 5.17. The fourth-order valence-electron chi connectivity index (χ4n) is 3.75. The Balaban J connectivity index is 1.53. The van der Waals surface area contributed by atoms with Gasteiger partial charge in [0.05, 0.1) is 19.8 Å². The number of methoxy groups -OCH3 is 2. The molecule has 0 atom stereocenters. The lowest BCUT2D eigenvalue weighted by Gasteiger charge is -2.36. The van der Waals surface area contributed by atoms with Crippen molar-refractivity contribution in [3.8, 4) is 22.6 Å². The zero-order valence-corrected chi connectivity index (χ0v) is 16.8. The van der Waals surface area contributed by atoms with E-state index in [1.165, 1.54) is 0 Å². The number of ether oxygens (including phenoxy) is 2. The third-order valence-corrected chi connectivity index (χ3v) is 5.17. The zero-order valence-electron chi connectivity index (χ0n) is 16.8. The number of rotatable bonds is 6. The lowest BCUT2D eigenvalue weighted by Crippen LogP contribution is -2.49. The molecule has 1 saturated heterocycles. The largest absolute Gasteiger partial charge is 0.496 e. The van der Waals surface area contributed by atoms with Crippen molar-refractivity contribution in [2.45, 2.75) is 0 Å². The molecule has 3 aromatic rings. The molecule has 0 unspecified atom stereocenters. The lowest BCUT2D eigenvalue weighted by molar-refractivity contribution is 0.134. The number of nitrogens with zero attached hydrogens (tertiary/aromatic N) is 2. The average Bonchev–Trinajstić information content (AvgIpc) is 3.12. The molecule has 1 aliphatic heterocycles. The van der Waals surface area contributed by atoms with Crippen LogP contribution in [0.3, 0.4) is 0 Å². The van der Waals surface area contributed by atoms with Gasteiger partial charge in [-0.05, 0) is 31.3 Å². The lowest BCUT2D eigenvalue weighted by atomic mass is 10.0. The van der Waals surface area contributed by atoms with Gasteiger partial charge in [0.25, 0.3) is 0 Å². The summed E-state index contributed by atoms with van der Waals surface area (Å²) < 4.78 is 11.0. The van der Waals surface area contributed by atoms with E-state index in [0.29, 0.717) is 35.4 Å². The molecule has 0 spiro atoms. The average molecular weight is 395 g/mol. The van der Waals surface area contributed by atoms with Gasteiger partial charge in [0.15, 0.2) is 0 Å². The van der Waals surface area contributed by atoms with E-state index in [1.807, 2.05) is 30.5 Å². The number of nitrogens with one attached hydrogen (secondary N) is 3. The van der Waals surface area contributed by atoms with Gasteiger partial charge in [-0.25, -0.2) is 9.78 Å². The monoisotopic (exact) mass is 395 g/mol. The molecule has 3 heterocycles. The Morgan fingerprint density at radius 3 is 2.59 bits per heavy atom. The van der Waals surface area contributed by atoms with Crippen molar-refractivity contribution in [3.63, 3.8) is 0 Å². The third kappa shape index (κ3) is 3.84. The Kier molecular flexibility index (Phi) is 5.26. The summed E-state index contributed by atoms with van der Waals surface area (Å²) >= 11 is 0. The predicted octanol–water partition coefficient (Wildman–Crippen LogP) is 2.93. The number of hydrogen-bond donors (Lipinski definition) is 3. The van der Waals surface area contributed by atoms with Crippen LogP contribution in [0, 0.1) is 5.92 Å². The van der Waals surface area contributed by atoms with E-state index in [2.05, 4.69) is 32.5 Å². The number of hydrogen-bond acceptors (Lipinski definition) is 5.